The zero-order valence-electron chi connectivity index (χ0n) is 16.7. The SMILES string of the molecule is CC(C)[C]1([La]([C]2(C(C)C)C=CC=C2)[C]2(C(C)C)C=CC=C2)C=CC=C1. The van der Waals surface area contributed by atoms with Gasteiger partial charge in [-0.05, 0) is 0 Å². The van der Waals surface area contributed by atoms with Crippen molar-refractivity contribution in [3.8, 4) is 0 Å². The molecule has 0 aromatic carbocycles. The molecule has 1 heteroatoms. The predicted molar refractivity (Wildman–Crippen MR) is 107 cm³/mol. The number of allylic oxidation sites excluding steroid dienone is 12. The van der Waals surface area contributed by atoms with Gasteiger partial charge in [-0.1, -0.05) is 0 Å². The molecule has 3 aliphatic rings. The van der Waals surface area contributed by atoms with Crippen LogP contribution in [0.4, 0.5) is 0 Å². The van der Waals surface area contributed by atoms with Crippen LogP contribution in [-0.4, -0.2) is 0 Å². The zero-order valence-corrected chi connectivity index (χ0v) is 20.4. The fourth-order valence-electron chi connectivity index (χ4n) is 5.53. The maximum absolute atomic E-state index is 2.66. The fourth-order valence-corrected chi connectivity index (χ4v) is 25.7. The Morgan fingerprint density at radius 3 is 0.800 bits per heavy atom. The molecular weight excluding hydrogens is 427 g/mol. The summed E-state index contributed by atoms with van der Waals surface area (Å²) >= 11 is -2.66. The third kappa shape index (κ3) is 2.82. The van der Waals surface area contributed by atoms with Gasteiger partial charge < -0.3 is 0 Å². The van der Waals surface area contributed by atoms with E-state index < -0.39 is 30.0 Å². The van der Waals surface area contributed by atoms with E-state index in [1.807, 2.05) is 0 Å². The summed E-state index contributed by atoms with van der Waals surface area (Å²) in [5, 5.41) is 0. The van der Waals surface area contributed by atoms with E-state index in [1.54, 1.807) is 0 Å². The third-order valence-corrected chi connectivity index (χ3v) is 26.5. The first-order chi connectivity index (χ1) is 11.8. The summed E-state index contributed by atoms with van der Waals surface area (Å²) in [6.07, 6.45) is 29.4. The molecule has 25 heavy (non-hydrogen) atoms. The monoisotopic (exact) mass is 460 g/mol. The van der Waals surface area contributed by atoms with E-state index in [1.165, 1.54) is 0 Å². The summed E-state index contributed by atoms with van der Waals surface area (Å²) < 4.78 is 0.853. The van der Waals surface area contributed by atoms with E-state index in [0.29, 0.717) is 17.8 Å². The number of rotatable bonds is 6. The molecule has 0 saturated carbocycles. The zero-order chi connectivity index (χ0) is 18.3. The minimum atomic E-state index is -2.66. The molecule has 0 bridgehead atoms. The second kappa shape index (κ2) is 6.99. The first-order valence-corrected chi connectivity index (χ1v) is 15.4. The molecule has 3 aliphatic carbocycles. The van der Waals surface area contributed by atoms with Crippen LogP contribution in [0.2, 0.25) is 5.45 Å². The summed E-state index contributed by atoms with van der Waals surface area (Å²) in [4.78, 5) is 0. The number of hydrogen-bond acceptors (Lipinski definition) is 0. The maximum atomic E-state index is 2.58. The van der Waals surface area contributed by atoms with Crippen molar-refractivity contribution in [2.75, 3.05) is 0 Å². The molecular formula is C24H33La. The van der Waals surface area contributed by atoms with Gasteiger partial charge in [-0.2, -0.15) is 0 Å². The molecule has 0 aromatic heterocycles. The van der Waals surface area contributed by atoms with Gasteiger partial charge in [0.05, 0.1) is 0 Å². The molecule has 0 aliphatic heterocycles. The Morgan fingerprint density at radius 2 is 0.640 bits per heavy atom. The summed E-state index contributed by atoms with van der Waals surface area (Å²) in [5.41, 5.74) is 0. The van der Waals surface area contributed by atoms with E-state index in [0.717, 1.165) is 0 Å². The van der Waals surface area contributed by atoms with Gasteiger partial charge in [0, 0.05) is 0 Å². The van der Waals surface area contributed by atoms with Crippen molar-refractivity contribution < 1.29 is 30.0 Å². The van der Waals surface area contributed by atoms with Gasteiger partial charge in [0.1, 0.15) is 0 Å². The number of hydrogen-bond donors (Lipinski definition) is 0. The Labute approximate surface area is 166 Å². The van der Waals surface area contributed by atoms with Gasteiger partial charge >= 0.3 is 168 Å². The van der Waals surface area contributed by atoms with Crippen molar-refractivity contribution in [1.29, 1.82) is 0 Å². The Bertz CT molecular complexity index is 548. The Balaban J connectivity index is 2.31. The summed E-state index contributed by atoms with van der Waals surface area (Å²) in [5.74, 6) is 1.93. The van der Waals surface area contributed by atoms with Crippen LogP contribution in [0.15, 0.2) is 72.9 Å². The standard InChI is InChI=1S/3C8H11.La/c3*1-7(2)8-5-3-4-6-8;/h3*3-7H,1-2H3;. The molecule has 0 atom stereocenters. The second-order valence-electron chi connectivity index (χ2n) is 9.05. The Hall–Kier alpha value is -0.365. The Morgan fingerprint density at radius 1 is 0.440 bits per heavy atom. The first-order valence-electron chi connectivity index (χ1n) is 9.93. The summed E-state index contributed by atoms with van der Waals surface area (Å²) in [6.45, 7) is 14.7. The molecule has 0 radical (unpaired) electrons. The van der Waals surface area contributed by atoms with Crippen molar-refractivity contribution in [1.82, 2.24) is 0 Å². The topological polar surface area (TPSA) is 0 Å². The van der Waals surface area contributed by atoms with Crippen molar-refractivity contribution in [3.63, 3.8) is 0 Å². The van der Waals surface area contributed by atoms with Crippen molar-refractivity contribution in [2.24, 2.45) is 17.8 Å². The molecule has 0 unspecified atom stereocenters. The third-order valence-electron chi connectivity index (χ3n) is 7.14. The van der Waals surface area contributed by atoms with Gasteiger partial charge in [0.15, 0.2) is 0 Å². The molecule has 0 aromatic rings. The van der Waals surface area contributed by atoms with Gasteiger partial charge in [0.25, 0.3) is 0 Å². The van der Waals surface area contributed by atoms with Crippen LogP contribution in [-0.2, 0) is 0 Å². The normalized spacial score (nSPS) is 23.9. The average molecular weight is 460 g/mol. The van der Waals surface area contributed by atoms with Crippen molar-refractivity contribution in [2.45, 2.75) is 47.0 Å². The summed E-state index contributed by atoms with van der Waals surface area (Å²) in [7, 11) is 0. The quantitative estimate of drug-likeness (QED) is 0.387. The summed E-state index contributed by atoms with van der Waals surface area (Å²) in [6, 6.07) is 0. The van der Waals surface area contributed by atoms with Crippen LogP contribution in [0, 0.1) is 47.7 Å². The van der Waals surface area contributed by atoms with Crippen LogP contribution in [0.3, 0.4) is 0 Å². The Kier molecular flexibility index (Phi) is 5.42. The van der Waals surface area contributed by atoms with Crippen molar-refractivity contribution >= 4 is 0 Å². The van der Waals surface area contributed by atoms with Gasteiger partial charge in [0.2, 0.25) is 0 Å². The molecule has 0 N–H and O–H groups in total. The van der Waals surface area contributed by atoms with Crippen LogP contribution in [0.1, 0.15) is 41.5 Å². The molecule has 0 nitrogen and oxygen atoms in total. The van der Waals surface area contributed by atoms with Crippen LogP contribution in [0.5, 0.6) is 0 Å². The van der Waals surface area contributed by atoms with Crippen LogP contribution < -0.4 is 0 Å². The molecule has 3 rings (SSSR count). The first kappa shape index (κ1) is 19.4. The molecule has 0 amide bonds. The average Bonchev–Trinajstić information content (AvgIpc) is 3.30. The molecule has 0 spiro atoms. The van der Waals surface area contributed by atoms with Crippen LogP contribution >= 0.6 is 0 Å². The van der Waals surface area contributed by atoms with Crippen LogP contribution in [0.25, 0.3) is 0 Å². The molecule has 0 fully saturated rings. The predicted octanol–water partition coefficient (Wildman–Crippen LogP) is 7.43. The van der Waals surface area contributed by atoms with E-state index >= 15 is 0 Å². The molecule has 0 saturated heterocycles. The van der Waals surface area contributed by atoms with Gasteiger partial charge in [-0.3, -0.25) is 0 Å². The van der Waals surface area contributed by atoms with Crippen molar-refractivity contribution in [3.05, 3.63) is 72.9 Å². The van der Waals surface area contributed by atoms with E-state index in [9.17, 15) is 0 Å². The van der Waals surface area contributed by atoms with E-state index in [-0.39, 0.29) is 5.45 Å². The van der Waals surface area contributed by atoms with E-state index in [2.05, 4.69) is 114 Å². The second-order valence-corrected chi connectivity index (χ2v) is 21.2. The van der Waals surface area contributed by atoms with E-state index in [4.69, 9.17) is 0 Å². The molecule has 0 heterocycles. The fraction of sp³-hybridized carbons (Fsp3) is 0.500. The van der Waals surface area contributed by atoms with Gasteiger partial charge in [-0.15, -0.1) is 0 Å². The van der Waals surface area contributed by atoms with Gasteiger partial charge in [-0.25, -0.2) is 0 Å². The molecule has 132 valence electrons. The minimum absolute atomic E-state index is 0.284.